The van der Waals surface area contributed by atoms with Crippen molar-refractivity contribution in [2.24, 2.45) is 0 Å². The molecule has 0 radical (unpaired) electrons. The van der Waals surface area contributed by atoms with E-state index in [1.165, 1.54) is 5.56 Å². The number of hydrogen-bond donors (Lipinski definition) is 0. The lowest BCUT2D eigenvalue weighted by Crippen LogP contribution is -2.33. The minimum Gasteiger partial charge on any atom is -0.335 e. The maximum absolute atomic E-state index is 12.7. The number of rotatable bonds is 8. The van der Waals surface area contributed by atoms with Crippen LogP contribution >= 0.6 is 11.8 Å². The first-order valence-corrected chi connectivity index (χ1v) is 8.76. The van der Waals surface area contributed by atoms with E-state index in [0.29, 0.717) is 18.7 Å². The van der Waals surface area contributed by atoms with E-state index in [1.807, 2.05) is 35.2 Å². The predicted molar refractivity (Wildman–Crippen MR) is 96.9 cm³/mol. The maximum atomic E-state index is 12.7. The Labute approximate surface area is 142 Å². The zero-order valence-electron chi connectivity index (χ0n) is 13.4. The first-order valence-electron chi connectivity index (χ1n) is 7.77. The summed E-state index contributed by atoms with van der Waals surface area (Å²) in [5.41, 5.74) is 1.85. The van der Waals surface area contributed by atoms with E-state index in [0.717, 1.165) is 17.2 Å². The summed E-state index contributed by atoms with van der Waals surface area (Å²) in [7, 11) is 0. The quantitative estimate of drug-likeness (QED) is 0.542. The highest BCUT2D eigenvalue weighted by Gasteiger charge is 2.15. The number of pyridine rings is 1. The molecule has 3 nitrogen and oxygen atoms in total. The molecule has 0 unspecified atom stereocenters. The van der Waals surface area contributed by atoms with Gasteiger partial charge in [0.25, 0.3) is 5.91 Å². The number of carbonyl (C=O) groups excluding carboxylic acids is 1. The van der Waals surface area contributed by atoms with Crippen molar-refractivity contribution in [3.05, 3.63) is 72.4 Å². The molecule has 0 aliphatic carbocycles. The molecule has 23 heavy (non-hydrogen) atoms. The fourth-order valence-corrected chi connectivity index (χ4v) is 2.85. The summed E-state index contributed by atoms with van der Waals surface area (Å²) in [6.45, 7) is 7.05. The summed E-state index contributed by atoms with van der Waals surface area (Å²) in [5.74, 6) is 0.973. The van der Waals surface area contributed by atoms with Gasteiger partial charge in [0.15, 0.2) is 0 Å². The van der Waals surface area contributed by atoms with Gasteiger partial charge in [0.05, 0.1) is 10.6 Å². The highest BCUT2D eigenvalue weighted by molar-refractivity contribution is 7.99. The molecule has 0 fully saturated rings. The van der Waals surface area contributed by atoms with E-state index in [9.17, 15) is 4.79 Å². The van der Waals surface area contributed by atoms with Crippen molar-refractivity contribution in [1.82, 2.24) is 9.88 Å². The van der Waals surface area contributed by atoms with Gasteiger partial charge in [-0.25, -0.2) is 4.98 Å². The van der Waals surface area contributed by atoms with Crippen LogP contribution in [0, 0.1) is 0 Å². The van der Waals surface area contributed by atoms with E-state index < -0.39 is 0 Å². The normalized spacial score (nSPS) is 10.3. The number of thioether (sulfide) groups is 1. The van der Waals surface area contributed by atoms with Crippen molar-refractivity contribution in [2.75, 3.05) is 18.8 Å². The zero-order chi connectivity index (χ0) is 16.5. The van der Waals surface area contributed by atoms with Gasteiger partial charge in [-0.15, -0.1) is 18.3 Å². The second-order valence-corrected chi connectivity index (χ2v) is 6.38. The Morgan fingerprint density at radius 2 is 2.04 bits per heavy atom. The molecule has 0 aliphatic rings. The van der Waals surface area contributed by atoms with Crippen LogP contribution in [-0.2, 0) is 6.42 Å². The summed E-state index contributed by atoms with van der Waals surface area (Å²) in [6.07, 6.45) is 4.26. The van der Waals surface area contributed by atoms with Crippen LogP contribution in [0.3, 0.4) is 0 Å². The van der Waals surface area contributed by atoms with E-state index in [4.69, 9.17) is 0 Å². The molecule has 0 saturated carbocycles. The average Bonchev–Trinajstić information content (AvgIpc) is 2.60. The first kappa shape index (κ1) is 17.3. The van der Waals surface area contributed by atoms with Crippen molar-refractivity contribution >= 4 is 17.7 Å². The van der Waals surface area contributed by atoms with Gasteiger partial charge < -0.3 is 4.90 Å². The second-order valence-electron chi connectivity index (χ2n) is 5.09. The summed E-state index contributed by atoms with van der Waals surface area (Å²) < 4.78 is 0. The molecule has 0 saturated heterocycles. The molecule has 0 bridgehead atoms. The topological polar surface area (TPSA) is 33.2 Å². The Balaban J connectivity index is 2.03. The van der Waals surface area contributed by atoms with Gasteiger partial charge in [-0.3, -0.25) is 4.79 Å². The standard InChI is InChI=1S/C19H22N2OS/c1-3-13-21(14-12-16-8-6-5-7-9-16)19(22)17-10-11-18(20-15-17)23-4-2/h3,5-11,15H,1,4,12-14H2,2H3. The molecule has 1 heterocycles. The van der Waals surface area contributed by atoms with Gasteiger partial charge in [-0.05, 0) is 29.9 Å². The number of amides is 1. The average molecular weight is 326 g/mol. The third-order valence-electron chi connectivity index (χ3n) is 3.43. The summed E-state index contributed by atoms with van der Waals surface area (Å²) in [4.78, 5) is 18.8. The van der Waals surface area contributed by atoms with Crippen LogP contribution in [-0.4, -0.2) is 34.6 Å². The van der Waals surface area contributed by atoms with Crippen molar-refractivity contribution in [3.63, 3.8) is 0 Å². The highest BCUT2D eigenvalue weighted by atomic mass is 32.2. The van der Waals surface area contributed by atoms with Gasteiger partial charge in [-0.2, -0.15) is 0 Å². The van der Waals surface area contributed by atoms with E-state index in [2.05, 4.69) is 30.6 Å². The Morgan fingerprint density at radius 3 is 2.65 bits per heavy atom. The van der Waals surface area contributed by atoms with Crippen molar-refractivity contribution in [3.8, 4) is 0 Å². The molecule has 1 aromatic heterocycles. The molecule has 0 aliphatic heterocycles. The van der Waals surface area contributed by atoms with E-state index in [1.54, 1.807) is 24.0 Å². The van der Waals surface area contributed by atoms with Crippen LogP contribution in [0.2, 0.25) is 0 Å². The summed E-state index contributed by atoms with van der Waals surface area (Å²) in [5, 5.41) is 0.948. The largest absolute Gasteiger partial charge is 0.335 e. The third kappa shape index (κ3) is 5.25. The molecule has 1 aromatic carbocycles. The SMILES string of the molecule is C=CCN(CCc1ccccc1)C(=O)c1ccc(SCC)nc1. The van der Waals surface area contributed by atoms with Crippen LogP contribution in [0.1, 0.15) is 22.8 Å². The van der Waals surface area contributed by atoms with Gasteiger partial charge in [0, 0.05) is 19.3 Å². The third-order valence-corrected chi connectivity index (χ3v) is 4.25. The number of aromatic nitrogens is 1. The fraction of sp³-hybridized carbons (Fsp3) is 0.263. The van der Waals surface area contributed by atoms with Gasteiger partial charge >= 0.3 is 0 Å². The second kappa shape index (κ2) is 9.16. The number of carbonyl (C=O) groups is 1. The monoisotopic (exact) mass is 326 g/mol. The number of benzene rings is 1. The molecule has 120 valence electrons. The summed E-state index contributed by atoms with van der Waals surface area (Å²) >= 11 is 1.67. The number of nitrogens with zero attached hydrogens (tertiary/aromatic N) is 2. The molecule has 1 amide bonds. The van der Waals surface area contributed by atoms with Crippen molar-refractivity contribution in [2.45, 2.75) is 18.4 Å². The minimum absolute atomic E-state index is 0.00128. The van der Waals surface area contributed by atoms with Gasteiger partial charge in [0.2, 0.25) is 0 Å². The fourth-order valence-electron chi connectivity index (χ4n) is 2.26. The highest BCUT2D eigenvalue weighted by Crippen LogP contribution is 2.15. The van der Waals surface area contributed by atoms with Crippen LogP contribution in [0.4, 0.5) is 0 Å². The molecular formula is C19H22N2OS. The maximum Gasteiger partial charge on any atom is 0.255 e. The van der Waals surface area contributed by atoms with Crippen LogP contribution in [0.15, 0.2) is 66.3 Å². The van der Waals surface area contributed by atoms with E-state index >= 15 is 0 Å². The van der Waals surface area contributed by atoms with Crippen LogP contribution in [0.25, 0.3) is 0 Å². The Kier molecular flexibility index (Phi) is 6.88. The number of hydrogen-bond acceptors (Lipinski definition) is 3. The van der Waals surface area contributed by atoms with Gasteiger partial charge in [-0.1, -0.05) is 43.3 Å². The Hall–Kier alpha value is -2.07. The van der Waals surface area contributed by atoms with E-state index in [-0.39, 0.29) is 5.91 Å². The first-order chi connectivity index (χ1) is 11.2. The summed E-state index contributed by atoms with van der Waals surface area (Å²) in [6, 6.07) is 13.9. The Morgan fingerprint density at radius 1 is 1.26 bits per heavy atom. The van der Waals surface area contributed by atoms with Crippen LogP contribution in [0.5, 0.6) is 0 Å². The van der Waals surface area contributed by atoms with Crippen molar-refractivity contribution in [1.29, 1.82) is 0 Å². The molecular weight excluding hydrogens is 304 g/mol. The molecule has 4 heteroatoms. The molecule has 0 spiro atoms. The smallest absolute Gasteiger partial charge is 0.255 e. The van der Waals surface area contributed by atoms with Crippen molar-refractivity contribution < 1.29 is 4.79 Å². The molecule has 2 rings (SSSR count). The van der Waals surface area contributed by atoms with Crippen LogP contribution < -0.4 is 0 Å². The predicted octanol–water partition coefficient (Wildman–Crippen LogP) is 4.06. The lowest BCUT2D eigenvalue weighted by Gasteiger charge is -2.21. The Bertz CT molecular complexity index is 626. The molecule has 0 N–H and O–H groups in total. The minimum atomic E-state index is 0.00128. The molecule has 0 atom stereocenters. The zero-order valence-corrected chi connectivity index (χ0v) is 14.3. The lowest BCUT2D eigenvalue weighted by atomic mass is 10.1. The van der Waals surface area contributed by atoms with Gasteiger partial charge in [0.1, 0.15) is 0 Å². The molecule has 2 aromatic rings. The lowest BCUT2D eigenvalue weighted by molar-refractivity contribution is 0.0775.